The Kier molecular flexibility index (Phi) is 7.60. The average molecular weight is 368 g/mol. The summed E-state index contributed by atoms with van der Waals surface area (Å²) in [5.74, 6) is -1.63. The number of nitrogens with zero attached hydrogens (tertiary/aromatic N) is 1. The van der Waals surface area contributed by atoms with Gasteiger partial charge in [0.25, 0.3) is 0 Å². The minimum atomic E-state index is -1.12. The summed E-state index contributed by atoms with van der Waals surface area (Å²) < 4.78 is 5.18. The molecule has 0 aromatic carbocycles. The fourth-order valence-corrected chi connectivity index (χ4v) is 2.24. The van der Waals surface area contributed by atoms with Gasteiger partial charge >= 0.3 is 12.1 Å². The number of hydrogen-bond donors (Lipinski definition) is 4. The number of rotatable bonds is 8. The van der Waals surface area contributed by atoms with Crippen LogP contribution in [0.1, 0.15) is 46.7 Å². The fourth-order valence-electron chi connectivity index (χ4n) is 2.24. The van der Waals surface area contributed by atoms with Gasteiger partial charge in [-0.1, -0.05) is 13.8 Å². The first-order valence-corrected chi connectivity index (χ1v) is 8.48. The van der Waals surface area contributed by atoms with Crippen molar-refractivity contribution in [1.29, 1.82) is 0 Å². The summed E-state index contributed by atoms with van der Waals surface area (Å²) >= 11 is 0. The lowest BCUT2D eigenvalue weighted by Gasteiger charge is -2.24. The molecule has 0 aliphatic rings. The number of imidazole rings is 1. The molecule has 0 radical (unpaired) electrons. The molecule has 1 aromatic rings. The first kappa shape index (κ1) is 21.5. The van der Waals surface area contributed by atoms with Crippen molar-refractivity contribution in [3.63, 3.8) is 0 Å². The Bertz CT molecular complexity index is 607. The highest BCUT2D eigenvalue weighted by atomic mass is 16.6. The maximum absolute atomic E-state index is 12.6. The normalized spacial score (nSPS) is 13.8. The van der Waals surface area contributed by atoms with Crippen molar-refractivity contribution in [3.05, 3.63) is 18.2 Å². The van der Waals surface area contributed by atoms with Crippen molar-refractivity contribution < 1.29 is 24.2 Å². The lowest BCUT2D eigenvalue weighted by Crippen LogP contribution is -2.53. The third-order valence-corrected chi connectivity index (χ3v) is 3.31. The molecule has 4 N–H and O–H groups in total. The number of carboxylic acid groups (broad SMARTS) is 1. The van der Waals surface area contributed by atoms with Crippen molar-refractivity contribution in [1.82, 2.24) is 20.6 Å². The number of aromatic nitrogens is 2. The van der Waals surface area contributed by atoms with E-state index < -0.39 is 35.7 Å². The minimum Gasteiger partial charge on any atom is -0.480 e. The van der Waals surface area contributed by atoms with Crippen molar-refractivity contribution in [2.45, 2.75) is 65.1 Å². The van der Waals surface area contributed by atoms with Crippen LogP contribution in [0.5, 0.6) is 0 Å². The Morgan fingerprint density at radius 3 is 2.35 bits per heavy atom. The highest BCUT2D eigenvalue weighted by Gasteiger charge is 2.29. The second-order valence-corrected chi connectivity index (χ2v) is 7.51. The fraction of sp³-hybridized carbons (Fsp3) is 0.647. The van der Waals surface area contributed by atoms with Crippen molar-refractivity contribution in [2.75, 3.05) is 0 Å². The molecule has 146 valence electrons. The monoisotopic (exact) mass is 368 g/mol. The van der Waals surface area contributed by atoms with Crippen molar-refractivity contribution >= 4 is 18.0 Å². The van der Waals surface area contributed by atoms with Crippen LogP contribution in [-0.4, -0.2) is 50.7 Å². The number of aliphatic carboxylic acids is 1. The summed E-state index contributed by atoms with van der Waals surface area (Å²) in [6, 6.07) is -2.04. The van der Waals surface area contributed by atoms with Crippen LogP contribution >= 0.6 is 0 Å². The van der Waals surface area contributed by atoms with E-state index in [0.29, 0.717) is 5.69 Å². The lowest BCUT2D eigenvalue weighted by atomic mass is 10.0. The topological polar surface area (TPSA) is 133 Å². The first-order valence-electron chi connectivity index (χ1n) is 8.48. The summed E-state index contributed by atoms with van der Waals surface area (Å²) in [4.78, 5) is 42.7. The molecule has 9 nitrogen and oxygen atoms in total. The minimum absolute atomic E-state index is 0.0845. The maximum atomic E-state index is 12.6. The van der Waals surface area contributed by atoms with Gasteiger partial charge in [0, 0.05) is 18.3 Å². The van der Waals surface area contributed by atoms with Gasteiger partial charge in [0.05, 0.1) is 6.33 Å². The molecular weight excluding hydrogens is 340 g/mol. The van der Waals surface area contributed by atoms with Gasteiger partial charge in [0.15, 0.2) is 0 Å². The number of amides is 2. The molecule has 0 fully saturated rings. The van der Waals surface area contributed by atoms with Crippen molar-refractivity contribution in [2.24, 2.45) is 5.92 Å². The molecule has 1 rings (SSSR count). The van der Waals surface area contributed by atoms with E-state index in [2.05, 4.69) is 20.6 Å². The zero-order chi connectivity index (χ0) is 19.9. The highest BCUT2D eigenvalue weighted by Crippen LogP contribution is 2.09. The van der Waals surface area contributed by atoms with E-state index in [1.165, 1.54) is 12.5 Å². The SMILES string of the molecule is CC(C)C[C@H](NC(=O)[C@H](Cc1cnc[nH]1)NC(=O)OC(C)(C)C)C(=O)O. The van der Waals surface area contributed by atoms with Gasteiger partial charge in [-0.2, -0.15) is 0 Å². The average Bonchev–Trinajstić information content (AvgIpc) is 2.96. The van der Waals surface area contributed by atoms with Crippen LogP contribution in [0, 0.1) is 5.92 Å². The molecule has 1 aromatic heterocycles. The van der Waals surface area contributed by atoms with Crippen LogP contribution in [-0.2, 0) is 20.7 Å². The number of ether oxygens (including phenoxy) is 1. The summed E-state index contributed by atoms with van der Waals surface area (Å²) in [5.41, 5.74) is -0.0997. The van der Waals surface area contributed by atoms with E-state index in [4.69, 9.17) is 4.74 Å². The molecule has 0 saturated carbocycles. The Morgan fingerprint density at radius 2 is 1.88 bits per heavy atom. The number of carbonyl (C=O) groups is 3. The zero-order valence-electron chi connectivity index (χ0n) is 15.8. The van der Waals surface area contributed by atoms with Crippen LogP contribution in [0.3, 0.4) is 0 Å². The van der Waals surface area contributed by atoms with Crippen LogP contribution in [0.25, 0.3) is 0 Å². The van der Waals surface area contributed by atoms with Crippen molar-refractivity contribution in [3.8, 4) is 0 Å². The predicted octanol–water partition coefficient (Wildman–Crippen LogP) is 1.46. The van der Waals surface area contributed by atoms with E-state index in [9.17, 15) is 19.5 Å². The number of hydrogen-bond acceptors (Lipinski definition) is 5. The number of nitrogens with one attached hydrogen (secondary N) is 3. The highest BCUT2D eigenvalue weighted by molar-refractivity contribution is 5.89. The summed E-state index contributed by atoms with van der Waals surface area (Å²) in [6.45, 7) is 8.85. The quantitative estimate of drug-likeness (QED) is 0.549. The van der Waals surface area contributed by atoms with Crippen LogP contribution in [0.15, 0.2) is 12.5 Å². The number of carboxylic acids is 1. The van der Waals surface area contributed by atoms with Gasteiger partial charge in [-0.05, 0) is 33.1 Å². The van der Waals surface area contributed by atoms with Gasteiger partial charge < -0.3 is 25.5 Å². The van der Waals surface area contributed by atoms with Crippen LogP contribution in [0.2, 0.25) is 0 Å². The van der Waals surface area contributed by atoms with Gasteiger partial charge in [-0.3, -0.25) is 4.79 Å². The molecule has 0 unspecified atom stereocenters. The molecule has 9 heteroatoms. The van der Waals surface area contributed by atoms with E-state index in [1.54, 1.807) is 20.8 Å². The molecule has 0 aliphatic heterocycles. The largest absolute Gasteiger partial charge is 0.480 e. The number of aromatic amines is 1. The van der Waals surface area contributed by atoms with Gasteiger partial charge in [-0.15, -0.1) is 0 Å². The zero-order valence-corrected chi connectivity index (χ0v) is 15.8. The predicted molar refractivity (Wildman–Crippen MR) is 94.5 cm³/mol. The third-order valence-electron chi connectivity index (χ3n) is 3.31. The van der Waals surface area contributed by atoms with Crippen LogP contribution < -0.4 is 10.6 Å². The van der Waals surface area contributed by atoms with Crippen LogP contribution in [0.4, 0.5) is 4.79 Å². The molecule has 0 saturated heterocycles. The smallest absolute Gasteiger partial charge is 0.408 e. The first-order chi connectivity index (χ1) is 12.0. The van der Waals surface area contributed by atoms with E-state index >= 15 is 0 Å². The Hall–Kier alpha value is -2.58. The summed E-state index contributed by atoms with van der Waals surface area (Å²) in [5, 5.41) is 14.3. The summed E-state index contributed by atoms with van der Waals surface area (Å²) in [6.07, 6.45) is 2.63. The molecular formula is C17H28N4O5. The second-order valence-electron chi connectivity index (χ2n) is 7.51. The Balaban J connectivity index is 2.86. The van der Waals surface area contributed by atoms with Gasteiger partial charge in [-0.25, -0.2) is 14.6 Å². The molecule has 0 bridgehead atoms. The summed E-state index contributed by atoms with van der Waals surface area (Å²) in [7, 11) is 0. The second kappa shape index (κ2) is 9.21. The molecule has 0 aliphatic carbocycles. The number of alkyl carbamates (subject to hydrolysis) is 1. The molecule has 2 amide bonds. The lowest BCUT2D eigenvalue weighted by molar-refractivity contribution is -0.142. The van der Waals surface area contributed by atoms with Gasteiger partial charge in [0.1, 0.15) is 17.7 Å². The molecule has 1 heterocycles. The number of carbonyl (C=O) groups excluding carboxylic acids is 2. The van der Waals surface area contributed by atoms with E-state index in [1.807, 2.05) is 13.8 Å². The Morgan fingerprint density at radius 1 is 1.23 bits per heavy atom. The molecule has 0 spiro atoms. The maximum Gasteiger partial charge on any atom is 0.408 e. The third kappa shape index (κ3) is 8.00. The standard InChI is InChI=1S/C17H28N4O5/c1-10(2)6-13(15(23)24)20-14(22)12(7-11-8-18-9-19-11)21-16(25)26-17(3,4)5/h8-10,12-13H,6-7H2,1-5H3,(H,18,19)(H,20,22)(H,21,25)(H,23,24)/t12-,13-/m0/s1. The molecule has 26 heavy (non-hydrogen) atoms. The number of H-pyrrole nitrogens is 1. The van der Waals surface area contributed by atoms with E-state index in [0.717, 1.165) is 0 Å². The Labute approximate surface area is 152 Å². The molecule has 2 atom stereocenters. The van der Waals surface area contributed by atoms with Gasteiger partial charge in [0.2, 0.25) is 5.91 Å². The van der Waals surface area contributed by atoms with E-state index in [-0.39, 0.29) is 18.8 Å².